The molecule has 7 heteroatoms. The van der Waals surface area contributed by atoms with Gasteiger partial charge in [0.05, 0.1) is 12.6 Å². The minimum Gasteiger partial charge on any atom is -0.491 e. The molecule has 0 aliphatic heterocycles. The van der Waals surface area contributed by atoms with Crippen LogP contribution in [0.3, 0.4) is 0 Å². The number of para-hydroxylation sites is 1. The van der Waals surface area contributed by atoms with Gasteiger partial charge in [-0.05, 0) is 29.8 Å². The fourth-order valence-electron chi connectivity index (χ4n) is 2.90. The Labute approximate surface area is 154 Å². The van der Waals surface area contributed by atoms with Crippen molar-refractivity contribution in [1.82, 2.24) is 4.57 Å². The lowest BCUT2D eigenvalue weighted by Crippen LogP contribution is -2.23. The van der Waals surface area contributed by atoms with Crippen LogP contribution in [0.1, 0.15) is 11.3 Å². The van der Waals surface area contributed by atoms with E-state index in [9.17, 15) is 9.18 Å². The van der Waals surface area contributed by atoms with Gasteiger partial charge in [0.2, 0.25) is 11.3 Å². The van der Waals surface area contributed by atoms with E-state index >= 15 is 0 Å². The van der Waals surface area contributed by atoms with Crippen LogP contribution in [0.4, 0.5) is 4.39 Å². The number of hydrogen-bond acceptors (Lipinski definition) is 5. The molecular weight excluding hydrogens is 349 g/mol. The first-order chi connectivity index (χ1) is 12.9. The van der Waals surface area contributed by atoms with Crippen molar-refractivity contribution in [2.45, 2.75) is 6.42 Å². The number of halogens is 1. The van der Waals surface area contributed by atoms with Gasteiger partial charge in [0.25, 0.3) is 0 Å². The van der Waals surface area contributed by atoms with Crippen molar-refractivity contribution in [3.63, 3.8) is 0 Å². The summed E-state index contributed by atoms with van der Waals surface area (Å²) in [6, 6.07) is 12.7. The number of nitrogens with one attached hydrogen (secondary N) is 2. The van der Waals surface area contributed by atoms with Gasteiger partial charge in [-0.1, -0.05) is 24.3 Å². The Bertz CT molecular complexity index is 1090. The summed E-state index contributed by atoms with van der Waals surface area (Å²) >= 11 is 0. The van der Waals surface area contributed by atoms with Crippen molar-refractivity contribution < 1.29 is 13.9 Å². The summed E-state index contributed by atoms with van der Waals surface area (Å²) in [5, 5.41) is 16.7. The number of hydrogen-bond donors (Lipinski definition) is 2. The van der Waals surface area contributed by atoms with Gasteiger partial charge in [0.15, 0.2) is 17.3 Å². The molecule has 3 aromatic rings. The number of aryl methyl sites for hydroxylation is 1. The number of methoxy groups -OCH3 is 1. The van der Waals surface area contributed by atoms with Crippen molar-refractivity contribution in [3.8, 4) is 5.75 Å². The Morgan fingerprint density at radius 1 is 1.11 bits per heavy atom. The molecule has 0 aliphatic rings. The van der Waals surface area contributed by atoms with E-state index in [2.05, 4.69) is 0 Å². The van der Waals surface area contributed by atoms with Crippen LogP contribution in [0.15, 0.2) is 53.3 Å². The molecular formula is C20H18FN3O3. The first-order valence-electron chi connectivity index (χ1n) is 8.16. The minimum absolute atomic E-state index is 0.0178. The number of ether oxygens (including phenoxy) is 2. The summed E-state index contributed by atoms with van der Waals surface area (Å²) in [7, 11) is 3.05. The van der Waals surface area contributed by atoms with Crippen LogP contribution in [0, 0.1) is 16.6 Å². The standard InChI is InChI=1S/C20H18FN3O3/c1-24-15-6-4-3-5-14(15)18(25)19(26-2)17(24)20(23)27-16(22)11-12-7-9-13(21)10-8-12/h3-10,22-23H,11H2,1-2H3. The van der Waals surface area contributed by atoms with Gasteiger partial charge in [0.1, 0.15) is 5.82 Å². The van der Waals surface area contributed by atoms with Gasteiger partial charge in [-0.25, -0.2) is 4.39 Å². The van der Waals surface area contributed by atoms with E-state index < -0.39 is 0 Å². The summed E-state index contributed by atoms with van der Waals surface area (Å²) in [5.74, 6) is -0.954. The van der Waals surface area contributed by atoms with Crippen molar-refractivity contribution in [2.24, 2.45) is 7.05 Å². The maximum Gasteiger partial charge on any atom is 0.241 e. The van der Waals surface area contributed by atoms with Crippen LogP contribution in [-0.4, -0.2) is 23.5 Å². The van der Waals surface area contributed by atoms with Crippen LogP contribution in [-0.2, 0) is 18.2 Å². The zero-order valence-electron chi connectivity index (χ0n) is 14.9. The van der Waals surface area contributed by atoms with Gasteiger partial charge in [-0.2, -0.15) is 0 Å². The van der Waals surface area contributed by atoms with E-state index in [4.69, 9.17) is 20.3 Å². The molecule has 0 amide bonds. The van der Waals surface area contributed by atoms with Gasteiger partial charge < -0.3 is 14.0 Å². The number of benzene rings is 2. The lowest BCUT2D eigenvalue weighted by atomic mass is 10.1. The molecule has 2 aromatic carbocycles. The first-order valence-corrected chi connectivity index (χ1v) is 8.16. The second kappa shape index (κ2) is 7.41. The Morgan fingerprint density at radius 2 is 1.78 bits per heavy atom. The zero-order chi connectivity index (χ0) is 19.6. The molecule has 3 rings (SSSR count). The molecule has 2 N–H and O–H groups in total. The van der Waals surface area contributed by atoms with Crippen molar-refractivity contribution in [1.29, 1.82) is 10.8 Å². The summed E-state index contributed by atoms with van der Waals surface area (Å²) in [6.45, 7) is 0. The maximum absolute atomic E-state index is 13.0. The number of aromatic nitrogens is 1. The molecule has 0 bridgehead atoms. The van der Waals surface area contributed by atoms with Gasteiger partial charge in [-0.15, -0.1) is 0 Å². The molecule has 0 saturated heterocycles. The smallest absolute Gasteiger partial charge is 0.241 e. The normalized spacial score (nSPS) is 10.6. The van der Waals surface area contributed by atoms with Crippen molar-refractivity contribution >= 4 is 22.7 Å². The Hall–Kier alpha value is -3.48. The number of rotatable bonds is 4. The highest BCUT2D eigenvalue weighted by molar-refractivity contribution is 6.02. The van der Waals surface area contributed by atoms with Gasteiger partial charge in [-0.3, -0.25) is 15.6 Å². The SMILES string of the molecule is COc1c(C(=N)OC(=N)Cc2ccc(F)cc2)n(C)c2ccccc2c1=O. The third kappa shape index (κ3) is 3.57. The van der Waals surface area contributed by atoms with Crippen LogP contribution in [0.25, 0.3) is 10.9 Å². The average molecular weight is 367 g/mol. The van der Waals surface area contributed by atoms with E-state index in [-0.39, 0.29) is 40.9 Å². The second-order valence-corrected chi connectivity index (χ2v) is 5.94. The average Bonchev–Trinajstić information content (AvgIpc) is 2.66. The van der Waals surface area contributed by atoms with E-state index in [1.165, 1.54) is 19.2 Å². The molecule has 27 heavy (non-hydrogen) atoms. The Morgan fingerprint density at radius 3 is 2.44 bits per heavy atom. The third-order valence-electron chi connectivity index (χ3n) is 4.19. The number of nitrogens with zero attached hydrogens (tertiary/aromatic N) is 1. The first kappa shape index (κ1) is 18.3. The third-order valence-corrected chi connectivity index (χ3v) is 4.19. The summed E-state index contributed by atoms with van der Waals surface area (Å²) in [5.41, 5.74) is 1.09. The Balaban J connectivity index is 1.93. The predicted octanol–water partition coefficient (Wildman–Crippen LogP) is 3.25. The molecule has 0 radical (unpaired) electrons. The van der Waals surface area contributed by atoms with E-state index in [1.807, 2.05) is 0 Å². The summed E-state index contributed by atoms with van der Waals surface area (Å²) in [6.07, 6.45) is 0.0898. The fraction of sp³-hybridized carbons (Fsp3) is 0.150. The van der Waals surface area contributed by atoms with Crippen LogP contribution >= 0.6 is 0 Å². The summed E-state index contributed by atoms with van der Waals surface area (Å²) < 4.78 is 25.2. The second-order valence-electron chi connectivity index (χ2n) is 5.94. The van der Waals surface area contributed by atoms with E-state index in [1.54, 1.807) is 48.0 Å². The largest absolute Gasteiger partial charge is 0.491 e. The van der Waals surface area contributed by atoms with Gasteiger partial charge in [0, 0.05) is 18.9 Å². The molecule has 0 fully saturated rings. The lowest BCUT2D eigenvalue weighted by molar-refractivity contribution is 0.402. The molecule has 0 aliphatic carbocycles. The molecule has 1 heterocycles. The highest BCUT2D eigenvalue weighted by Crippen LogP contribution is 2.21. The predicted molar refractivity (Wildman–Crippen MR) is 101 cm³/mol. The highest BCUT2D eigenvalue weighted by Gasteiger charge is 2.21. The van der Waals surface area contributed by atoms with E-state index in [0.29, 0.717) is 16.5 Å². The zero-order valence-corrected chi connectivity index (χ0v) is 14.9. The molecule has 0 saturated carbocycles. The molecule has 6 nitrogen and oxygen atoms in total. The number of pyridine rings is 1. The van der Waals surface area contributed by atoms with Crippen molar-refractivity contribution in [2.75, 3.05) is 7.11 Å². The molecule has 0 atom stereocenters. The van der Waals surface area contributed by atoms with Crippen LogP contribution < -0.4 is 10.2 Å². The maximum atomic E-state index is 13.0. The number of fused-ring (bicyclic) bond motifs is 1. The monoisotopic (exact) mass is 367 g/mol. The molecule has 138 valence electrons. The lowest BCUT2D eigenvalue weighted by Gasteiger charge is -2.17. The topological polar surface area (TPSA) is 88.2 Å². The molecule has 0 unspecified atom stereocenters. The highest BCUT2D eigenvalue weighted by atomic mass is 19.1. The fourth-order valence-corrected chi connectivity index (χ4v) is 2.90. The Kier molecular flexibility index (Phi) is 5.03. The van der Waals surface area contributed by atoms with E-state index in [0.717, 1.165) is 0 Å². The molecule has 0 spiro atoms. The van der Waals surface area contributed by atoms with Crippen LogP contribution in [0.5, 0.6) is 5.75 Å². The quantitative estimate of drug-likeness (QED) is 0.548. The molecule has 1 aromatic heterocycles. The van der Waals surface area contributed by atoms with Gasteiger partial charge >= 0.3 is 0 Å². The summed E-state index contributed by atoms with van der Waals surface area (Å²) in [4.78, 5) is 12.7. The van der Waals surface area contributed by atoms with Crippen LogP contribution in [0.2, 0.25) is 0 Å². The minimum atomic E-state index is -0.371. The van der Waals surface area contributed by atoms with Crippen molar-refractivity contribution in [3.05, 3.63) is 75.8 Å².